The Bertz CT molecular complexity index is 910. The highest BCUT2D eigenvalue weighted by atomic mass is 32.3. The Morgan fingerprint density at radius 1 is 0.931 bits per heavy atom. The molecule has 170 valence electrons. The first-order valence-electron chi connectivity index (χ1n) is 9.34. The van der Waals surface area contributed by atoms with Crippen LogP contribution in [-0.4, -0.2) is 79.6 Å². The molecule has 0 N–H and O–H groups in total. The molecule has 0 aromatic carbocycles. The number of hydrogen-bond donors (Lipinski definition) is 0. The van der Waals surface area contributed by atoms with Crippen molar-refractivity contribution in [1.82, 2.24) is 0 Å². The summed E-state index contributed by atoms with van der Waals surface area (Å²) in [6.45, 7) is 2.93. The molecule has 2 saturated carbocycles. The summed E-state index contributed by atoms with van der Waals surface area (Å²) >= 11 is 0. The number of hydrogen-bond acceptors (Lipinski definition) is 9. The summed E-state index contributed by atoms with van der Waals surface area (Å²) < 4.78 is 84.7. The molecule has 2 bridgehead atoms. The lowest BCUT2D eigenvalue weighted by atomic mass is 9.70. The van der Waals surface area contributed by atoms with Crippen molar-refractivity contribution in [3.8, 4) is 0 Å². The summed E-state index contributed by atoms with van der Waals surface area (Å²) in [5.41, 5.74) is -1.91. The van der Waals surface area contributed by atoms with Crippen molar-refractivity contribution < 1.29 is 39.5 Å². The Morgan fingerprint density at radius 2 is 1.41 bits per heavy atom. The Balaban J connectivity index is 2.54. The second-order valence-corrected chi connectivity index (χ2v) is 15.9. The largest absolute Gasteiger partial charge is 0.384 e. The number of carbonyl (C=O) groups excluding carboxylic acids is 1. The molecule has 0 spiro atoms. The number of Topliss-reactive ketones (excluding diaryl/α,β-unsaturated/α-hetero) is 1. The summed E-state index contributed by atoms with van der Waals surface area (Å²) in [7, 11) is -11.5. The van der Waals surface area contributed by atoms with E-state index < -0.39 is 61.5 Å². The van der Waals surface area contributed by atoms with E-state index in [0.29, 0.717) is 12.8 Å². The van der Waals surface area contributed by atoms with Gasteiger partial charge >= 0.3 is 0 Å². The van der Waals surface area contributed by atoms with E-state index in [1.54, 1.807) is 13.8 Å². The smallest absolute Gasteiger partial charge is 0.262 e. The van der Waals surface area contributed by atoms with E-state index in [9.17, 15) is 30.0 Å². The van der Waals surface area contributed by atoms with Crippen molar-refractivity contribution in [3.05, 3.63) is 0 Å². The predicted molar refractivity (Wildman–Crippen MR) is 107 cm³/mol. The van der Waals surface area contributed by atoms with Crippen LogP contribution in [0.3, 0.4) is 0 Å². The highest BCUT2D eigenvalue weighted by Gasteiger charge is 2.66. The molecule has 0 amide bonds. The van der Waals surface area contributed by atoms with Crippen LogP contribution in [0.4, 0.5) is 0 Å². The van der Waals surface area contributed by atoms with E-state index in [0.717, 1.165) is 0 Å². The quantitative estimate of drug-likeness (QED) is 0.411. The van der Waals surface area contributed by atoms with Crippen LogP contribution >= 0.6 is 0 Å². The third-order valence-electron chi connectivity index (χ3n) is 6.61. The number of fused-ring (bicyclic) bond motifs is 2. The van der Waals surface area contributed by atoms with Crippen molar-refractivity contribution in [2.75, 3.05) is 44.7 Å². The minimum Gasteiger partial charge on any atom is -0.384 e. The molecule has 0 aromatic heterocycles. The van der Waals surface area contributed by atoms with Crippen molar-refractivity contribution in [1.29, 1.82) is 0 Å². The summed E-state index contributed by atoms with van der Waals surface area (Å²) in [6, 6.07) is 0. The summed E-state index contributed by atoms with van der Waals surface area (Å²) in [6.07, 6.45) is 1.21. The zero-order valence-electron chi connectivity index (χ0n) is 17.2. The van der Waals surface area contributed by atoms with E-state index >= 15 is 0 Å². The average Bonchev–Trinajstić information content (AvgIpc) is 2.91. The maximum Gasteiger partial charge on any atom is 0.262 e. The number of ketones is 1. The fourth-order valence-corrected chi connectivity index (χ4v) is 14.4. The molecule has 12 heteroatoms. The van der Waals surface area contributed by atoms with Crippen LogP contribution in [0.25, 0.3) is 0 Å². The van der Waals surface area contributed by atoms with Gasteiger partial charge in [-0.3, -0.25) is 4.79 Å². The topological polar surface area (TPSA) is 138 Å². The fourth-order valence-electron chi connectivity index (χ4n) is 4.78. The van der Waals surface area contributed by atoms with Crippen molar-refractivity contribution in [3.63, 3.8) is 0 Å². The van der Waals surface area contributed by atoms with Crippen molar-refractivity contribution in [2.24, 2.45) is 16.7 Å². The van der Waals surface area contributed by atoms with Crippen LogP contribution in [0.5, 0.6) is 0 Å². The molecule has 2 rings (SSSR count). The average molecular weight is 475 g/mol. The molecule has 29 heavy (non-hydrogen) atoms. The molecule has 0 radical (unpaired) electrons. The Hall–Kier alpha value is -0.560. The number of ether oxygens (including phenoxy) is 2. The lowest BCUT2D eigenvalue weighted by Gasteiger charge is -2.37. The van der Waals surface area contributed by atoms with Crippen molar-refractivity contribution in [2.45, 2.75) is 37.0 Å². The van der Waals surface area contributed by atoms with Gasteiger partial charge in [0.05, 0.1) is 30.5 Å². The molecule has 2 fully saturated rings. The number of rotatable bonds is 11. The zero-order valence-corrected chi connectivity index (χ0v) is 19.7. The van der Waals surface area contributed by atoms with Gasteiger partial charge in [-0.05, 0) is 24.2 Å². The van der Waals surface area contributed by atoms with Gasteiger partial charge in [0.25, 0.3) is 3.91 Å². The number of sulfone groups is 3. The third kappa shape index (κ3) is 4.28. The van der Waals surface area contributed by atoms with Gasteiger partial charge in [0.15, 0.2) is 29.5 Å². The standard InChI is InChI=1S/C17H30O9S3/c1-16(2)13-5-6-17(16,14(18)11-13)12-29(23,24)15(27(19,20)9-7-25-3)28(21,22)10-8-26-4/h13,15H,5-12H2,1-4H3. The van der Waals surface area contributed by atoms with E-state index in [1.807, 2.05) is 0 Å². The highest BCUT2D eigenvalue weighted by Crippen LogP contribution is 2.64. The van der Waals surface area contributed by atoms with E-state index in [2.05, 4.69) is 0 Å². The predicted octanol–water partition coefficient (Wildman–Crippen LogP) is 0.203. The first-order chi connectivity index (χ1) is 13.2. The first kappa shape index (κ1) is 24.7. The molecule has 0 aliphatic heterocycles. The first-order valence-corrected chi connectivity index (χ1v) is 14.5. The van der Waals surface area contributed by atoms with Crippen LogP contribution in [0.15, 0.2) is 0 Å². The molecule has 9 nitrogen and oxygen atoms in total. The summed E-state index contributed by atoms with van der Waals surface area (Å²) in [5.74, 6) is -2.52. The van der Waals surface area contributed by atoms with Gasteiger partial charge < -0.3 is 9.47 Å². The molecular weight excluding hydrogens is 444 g/mol. The Labute approximate surface area is 173 Å². The zero-order chi connectivity index (χ0) is 22.3. The highest BCUT2D eigenvalue weighted by molar-refractivity contribution is 8.24. The molecular formula is C17H30O9S3. The van der Waals surface area contributed by atoms with Crippen LogP contribution in [0.1, 0.15) is 33.1 Å². The molecule has 0 saturated heterocycles. The summed E-state index contributed by atoms with van der Waals surface area (Å²) in [4.78, 5) is 12.7. The molecule has 2 aliphatic rings. The fraction of sp³-hybridized carbons (Fsp3) is 0.941. The third-order valence-corrected chi connectivity index (χ3v) is 16.0. The monoisotopic (exact) mass is 474 g/mol. The molecule has 2 aliphatic carbocycles. The van der Waals surface area contributed by atoms with E-state index in [-0.39, 0.29) is 31.3 Å². The van der Waals surface area contributed by atoms with Crippen LogP contribution in [0.2, 0.25) is 0 Å². The normalized spacial score (nSPS) is 27.1. The molecule has 0 aromatic rings. The minimum absolute atomic E-state index is 0.0128. The number of carbonyl (C=O) groups is 1. The Morgan fingerprint density at radius 3 is 1.76 bits per heavy atom. The number of methoxy groups -OCH3 is 2. The van der Waals surface area contributed by atoms with Gasteiger partial charge in [0.2, 0.25) is 0 Å². The van der Waals surface area contributed by atoms with E-state index in [4.69, 9.17) is 9.47 Å². The van der Waals surface area contributed by atoms with Gasteiger partial charge in [-0.2, -0.15) is 0 Å². The van der Waals surface area contributed by atoms with Crippen LogP contribution in [0, 0.1) is 16.7 Å². The SMILES string of the molecule is COCCS(=O)(=O)C(S(=O)(=O)CCOC)S(=O)(=O)CC12CCC(CC1=O)C2(C)C. The van der Waals surface area contributed by atoms with Gasteiger partial charge in [-0.15, -0.1) is 0 Å². The van der Waals surface area contributed by atoms with E-state index in [1.165, 1.54) is 14.2 Å². The molecule has 0 heterocycles. The second kappa shape index (κ2) is 8.18. The van der Waals surface area contributed by atoms with Crippen LogP contribution < -0.4 is 0 Å². The molecule has 2 unspecified atom stereocenters. The summed E-state index contributed by atoms with van der Waals surface area (Å²) in [5, 5.41) is 0. The minimum atomic E-state index is -4.74. The maximum absolute atomic E-state index is 13.3. The van der Waals surface area contributed by atoms with Gasteiger partial charge in [-0.25, -0.2) is 25.3 Å². The van der Waals surface area contributed by atoms with Crippen LogP contribution in [-0.2, 0) is 43.8 Å². The van der Waals surface area contributed by atoms with Gasteiger partial charge in [-0.1, -0.05) is 13.8 Å². The Kier molecular flexibility index (Phi) is 6.97. The van der Waals surface area contributed by atoms with Crippen molar-refractivity contribution >= 4 is 35.3 Å². The second-order valence-electron chi connectivity index (χ2n) is 8.48. The lowest BCUT2D eigenvalue weighted by molar-refractivity contribution is -0.128. The molecule has 2 atom stereocenters. The maximum atomic E-state index is 13.3. The van der Waals surface area contributed by atoms with Gasteiger partial charge in [0, 0.05) is 26.1 Å². The van der Waals surface area contributed by atoms with Gasteiger partial charge in [0.1, 0.15) is 5.78 Å². The lowest BCUT2D eigenvalue weighted by Crippen LogP contribution is -2.49.